The molecule has 98 valence electrons. The van der Waals surface area contributed by atoms with Crippen LogP contribution in [0.25, 0.3) is 0 Å². The van der Waals surface area contributed by atoms with Crippen molar-refractivity contribution in [2.24, 2.45) is 11.7 Å². The zero-order chi connectivity index (χ0) is 12.5. The molecular weight excluding hydrogens is 229 g/mol. The predicted molar refractivity (Wildman–Crippen MR) is 68.4 cm³/mol. The van der Waals surface area contributed by atoms with Crippen molar-refractivity contribution in [1.29, 1.82) is 0 Å². The maximum atomic E-state index is 12.8. The van der Waals surface area contributed by atoms with Crippen LogP contribution in [-0.2, 0) is 0 Å². The molecule has 0 amide bonds. The van der Waals surface area contributed by atoms with Gasteiger partial charge < -0.3 is 10.6 Å². The molecule has 1 saturated heterocycles. The van der Waals surface area contributed by atoms with Gasteiger partial charge in [-0.1, -0.05) is 0 Å². The van der Waals surface area contributed by atoms with E-state index in [0.717, 1.165) is 30.6 Å². The molecule has 1 saturated carbocycles. The molecule has 0 radical (unpaired) electrons. The van der Waals surface area contributed by atoms with Gasteiger partial charge in [-0.2, -0.15) is 0 Å². The molecule has 2 aliphatic rings. The molecule has 1 aromatic heterocycles. The molecular formula is C14H20FN3. The average molecular weight is 249 g/mol. The van der Waals surface area contributed by atoms with Crippen LogP contribution < -0.4 is 5.73 Å². The van der Waals surface area contributed by atoms with Crippen LogP contribution in [0.15, 0.2) is 18.3 Å². The molecule has 1 aliphatic carbocycles. The van der Waals surface area contributed by atoms with Crippen LogP contribution in [0, 0.1) is 11.7 Å². The molecule has 18 heavy (non-hydrogen) atoms. The number of nitrogens with zero attached hydrogens (tertiary/aromatic N) is 2. The highest BCUT2D eigenvalue weighted by Crippen LogP contribution is 2.37. The lowest BCUT2D eigenvalue weighted by Gasteiger charge is -2.27. The topological polar surface area (TPSA) is 42.1 Å². The first-order valence-corrected chi connectivity index (χ1v) is 6.83. The summed E-state index contributed by atoms with van der Waals surface area (Å²) in [7, 11) is 0. The number of halogens is 1. The summed E-state index contributed by atoms with van der Waals surface area (Å²) in [6.07, 6.45) is 6.29. The van der Waals surface area contributed by atoms with E-state index in [-0.39, 0.29) is 11.9 Å². The van der Waals surface area contributed by atoms with E-state index in [1.807, 2.05) is 0 Å². The number of aromatic nitrogens is 1. The minimum atomic E-state index is -0.303. The van der Waals surface area contributed by atoms with E-state index in [4.69, 9.17) is 5.73 Å². The molecule has 0 spiro atoms. The first kappa shape index (κ1) is 12.1. The minimum Gasteiger partial charge on any atom is -0.323 e. The lowest BCUT2D eigenvalue weighted by atomic mass is 10.1. The summed E-state index contributed by atoms with van der Waals surface area (Å²) in [4.78, 5) is 6.62. The van der Waals surface area contributed by atoms with Crippen LogP contribution in [0.2, 0.25) is 0 Å². The Labute approximate surface area is 107 Å². The van der Waals surface area contributed by atoms with Gasteiger partial charge >= 0.3 is 0 Å². The van der Waals surface area contributed by atoms with Gasteiger partial charge in [-0.25, -0.2) is 4.39 Å². The Morgan fingerprint density at radius 1 is 1.44 bits per heavy atom. The molecule has 3 rings (SSSR count). The first-order chi connectivity index (χ1) is 8.72. The van der Waals surface area contributed by atoms with Crippen LogP contribution in [0.3, 0.4) is 0 Å². The van der Waals surface area contributed by atoms with Crippen LogP contribution in [0.5, 0.6) is 0 Å². The van der Waals surface area contributed by atoms with E-state index in [0.29, 0.717) is 0 Å². The summed E-state index contributed by atoms with van der Waals surface area (Å²) < 4.78 is 12.8. The number of hydrogen-bond acceptors (Lipinski definition) is 3. The fourth-order valence-corrected chi connectivity index (χ4v) is 3.36. The number of likely N-dealkylation sites (tertiary alicyclic amines) is 1. The molecule has 1 aromatic rings. The molecule has 3 nitrogen and oxygen atoms in total. The molecule has 2 fully saturated rings. The molecule has 2 N–H and O–H groups in total. The van der Waals surface area contributed by atoms with Crippen molar-refractivity contribution in [3.63, 3.8) is 0 Å². The number of nitrogens with two attached hydrogens (primary N) is 1. The predicted octanol–water partition coefficient (Wildman–Crippen LogP) is 2.09. The smallest absolute Gasteiger partial charge is 0.141 e. The van der Waals surface area contributed by atoms with Gasteiger partial charge in [0, 0.05) is 25.2 Å². The Kier molecular flexibility index (Phi) is 3.31. The first-order valence-electron chi connectivity index (χ1n) is 6.83. The number of rotatable bonds is 4. The largest absolute Gasteiger partial charge is 0.323 e. The second kappa shape index (κ2) is 4.94. The van der Waals surface area contributed by atoms with E-state index >= 15 is 0 Å². The Morgan fingerprint density at radius 3 is 2.94 bits per heavy atom. The van der Waals surface area contributed by atoms with Gasteiger partial charge in [-0.15, -0.1) is 0 Å². The highest BCUT2D eigenvalue weighted by atomic mass is 19.1. The van der Waals surface area contributed by atoms with Gasteiger partial charge in [0.2, 0.25) is 0 Å². The maximum absolute atomic E-state index is 12.8. The van der Waals surface area contributed by atoms with Crippen molar-refractivity contribution < 1.29 is 4.39 Å². The van der Waals surface area contributed by atoms with Crippen LogP contribution >= 0.6 is 0 Å². The third-order valence-electron chi connectivity index (χ3n) is 4.38. The average Bonchev–Trinajstić information content (AvgIpc) is 2.99. The van der Waals surface area contributed by atoms with Crippen molar-refractivity contribution in [2.75, 3.05) is 13.1 Å². The fourth-order valence-electron chi connectivity index (χ4n) is 3.36. The highest BCUT2D eigenvalue weighted by molar-refractivity contribution is 5.09. The molecule has 2 heterocycles. The van der Waals surface area contributed by atoms with Crippen molar-refractivity contribution in [3.8, 4) is 0 Å². The summed E-state index contributed by atoms with van der Waals surface area (Å²) in [6, 6.07) is 3.84. The lowest BCUT2D eigenvalue weighted by molar-refractivity contribution is 0.206. The number of hydrogen-bond donors (Lipinski definition) is 1. The normalized spacial score (nSPS) is 28.8. The van der Waals surface area contributed by atoms with Gasteiger partial charge in [-0.3, -0.25) is 4.98 Å². The minimum absolute atomic E-state index is 0.0790. The Bertz CT molecular complexity index is 406. The number of pyridine rings is 1. The molecule has 2 bridgehead atoms. The van der Waals surface area contributed by atoms with E-state index in [1.165, 1.54) is 38.1 Å². The second-order valence-corrected chi connectivity index (χ2v) is 5.62. The molecule has 3 atom stereocenters. The van der Waals surface area contributed by atoms with Crippen molar-refractivity contribution >= 4 is 0 Å². The monoisotopic (exact) mass is 249 g/mol. The van der Waals surface area contributed by atoms with Gasteiger partial charge in [0.05, 0.1) is 11.9 Å². The van der Waals surface area contributed by atoms with Crippen molar-refractivity contribution in [3.05, 3.63) is 29.8 Å². The highest BCUT2D eigenvalue weighted by Gasteiger charge is 2.37. The summed E-state index contributed by atoms with van der Waals surface area (Å²) >= 11 is 0. The summed E-state index contributed by atoms with van der Waals surface area (Å²) in [5, 5.41) is 0. The zero-order valence-corrected chi connectivity index (χ0v) is 10.6. The quantitative estimate of drug-likeness (QED) is 0.888. The SMILES string of the molecule is NC(CCN1CC2CCC1C2)c1ccc(F)cn1. The maximum Gasteiger partial charge on any atom is 0.141 e. The van der Waals surface area contributed by atoms with Crippen LogP contribution in [0.4, 0.5) is 4.39 Å². The van der Waals surface area contributed by atoms with E-state index in [2.05, 4.69) is 9.88 Å². The Hall–Kier alpha value is -1.00. The van der Waals surface area contributed by atoms with Gasteiger partial charge in [0.15, 0.2) is 0 Å². The second-order valence-electron chi connectivity index (χ2n) is 5.62. The van der Waals surface area contributed by atoms with E-state index in [1.54, 1.807) is 6.07 Å². The van der Waals surface area contributed by atoms with Crippen LogP contribution in [0.1, 0.15) is 37.4 Å². The summed E-state index contributed by atoms with van der Waals surface area (Å²) in [5.41, 5.74) is 6.90. The Balaban J connectivity index is 1.52. The van der Waals surface area contributed by atoms with Crippen LogP contribution in [-0.4, -0.2) is 29.0 Å². The number of fused-ring (bicyclic) bond motifs is 2. The van der Waals surface area contributed by atoms with Crippen molar-refractivity contribution in [1.82, 2.24) is 9.88 Å². The van der Waals surface area contributed by atoms with E-state index in [9.17, 15) is 4.39 Å². The molecule has 0 aromatic carbocycles. The van der Waals surface area contributed by atoms with Crippen molar-refractivity contribution in [2.45, 2.75) is 37.8 Å². The molecule has 1 aliphatic heterocycles. The Morgan fingerprint density at radius 2 is 2.33 bits per heavy atom. The van der Waals surface area contributed by atoms with Gasteiger partial charge in [0.25, 0.3) is 0 Å². The standard InChI is InChI=1S/C14H20FN3/c15-11-2-4-14(17-8-11)13(16)5-6-18-9-10-1-3-12(18)7-10/h2,4,8,10,12-13H,1,3,5-7,9,16H2. The number of piperidine rings is 1. The molecule has 3 unspecified atom stereocenters. The van der Waals surface area contributed by atoms with E-state index < -0.39 is 0 Å². The third kappa shape index (κ3) is 2.40. The molecule has 4 heteroatoms. The lowest BCUT2D eigenvalue weighted by Crippen LogP contribution is -2.34. The third-order valence-corrected chi connectivity index (χ3v) is 4.38. The zero-order valence-electron chi connectivity index (χ0n) is 10.6. The van der Waals surface area contributed by atoms with Gasteiger partial charge in [0.1, 0.15) is 5.82 Å². The fraction of sp³-hybridized carbons (Fsp3) is 0.643. The summed E-state index contributed by atoms with van der Waals surface area (Å²) in [5.74, 6) is 0.623. The summed E-state index contributed by atoms with van der Waals surface area (Å²) in [6.45, 7) is 2.29. The van der Waals surface area contributed by atoms with Gasteiger partial charge in [-0.05, 0) is 43.7 Å².